The molecule has 2 rings (SSSR count). The van der Waals surface area contributed by atoms with E-state index in [1.54, 1.807) is 12.1 Å². The van der Waals surface area contributed by atoms with Gasteiger partial charge in [-0.3, -0.25) is 0 Å². The van der Waals surface area contributed by atoms with Gasteiger partial charge in [0.1, 0.15) is 5.82 Å². The van der Waals surface area contributed by atoms with Crippen LogP contribution in [0, 0.1) is 19.7 Å². The smallest absolute Gasteiger partial charge is 0.123 e. The van der Waals surface area contributed by atoms with E-state index in [2.05, 4.69) is 44.3 Å². The summed E-state index contributed by atoms with van der Waals surface area (Å²) in [6.45, 7) is 7.13. The molecule has 1 atom stereocenters. The normalized spacial score (nSPS) is 12.4. The van der Waals surface area contributed by atoms with Gasteiger partial charge in [-0.25, -0.2) is 4.39 Å². The van der Waals surface area contributed by atoms with E-state index in [1.165, 1.54) is 22.8 Å². The van der Waals surface area contributed by atoms with Crippen molar-refractivity contribution in [2.45, 2.75) is 26.8 Å². The minimum absolute atomic E-state index is 0.0422. The molecular weight excluding hydrogens is 237 g/mol. The highest BCUT2D eigenvalue weighted by Crippen LogP contribution is 2.26. The van der Waals surface area contributed by atoms with E-state index in [9.17, 15) is 4.39 Å². The standard InChI is InChI=1S/C17H20FN/c1-4-19-17(14-8-6-9-15(18)11-14)16-10-5-7-12(2)13(16)3/h5-11,17,19H,4H2,1-3H3. The number of benzene rings is 2. The number of nitrogens with one attached hydrogen (secondary N) is 1. The van der Waals surface area contributed by atoms with Gasteiger partial charge in [0.2, 0.25) is 0 Å². The second-order valence-electron chi connectivity index (χ2n) is 4.83. The Kier molecular flexibility index (Phi) is 4.33. The lowest BCUT2D eigenvalue weighted by Gasteiger charge is -2.22. The van der Waals surface area contributed by atoms with Crippen molar-refractivity contribution in [3.05, 3.63) is 70.5 Å². The summed E-state index contributed by atoms with van der Waals surface area (Å²) in [7, 11) is 0. The molecule has 100 valence electrons. The summed E-state index contributed by atoms with van der Waals surface area (Å²) in [5.41, 5.74) is 4.71. The average molecular weight is 257 g/mol. The molecule has 0 saturated carbocycles. The van der Waals surface area contributed by atoms with E-state index in [0.717, 1.165) is 12.1 Å². The SMILES string of the molecule is CCNC(c1cccc(F)c1)c1cccc(C)c1C. The summed E-state index contributed by atoms with van der Waals surface area (Å²) in [6.07, 6.45) is 0. The van der Waals surface area contributed by atoms with Crippen LogP contribution in [0.25, 0.3) is 0 Å². The maximum absolute atomic E-state index is 13.4. The van der Waals surface area contributed by atoms with E-state index in [-0.39, 0.29) is 11.9 Å². The predicted octanol–water partition coefficient (Wildman–Crippen LogP) is 4.14. The molecule has 0 aliphatic heterocycles. The van der Waals surface area contributed by atoms with E-state index in [4.69, 9.17) is 0 Å². The molecule has 2 aromatic rings. The zero-order valence-electron chi connectivity index (χ0n) is 11.7. The Balaban J connectivity index is 2.48. The molecule has 2 heteroatoms. The van der Waals surface area contributed by atoms with Crippen LogP contribution in [0.4, 0.5) is 4.39 Å². The largest absolute Gasteiger partial charge is 0.307 e. The highest BCUT2D eigenvalue weighted by Gasteiger charge is 2.16. The molecule has 0 spiro atoms. The van der Waals surface area contributed by atoms with Crippen molar-refractivity contribution in [3.8, 4) is 0 Å². The van der Waals surface area contributed by atoms with Crippen molar-refractivity contribution >= 4 is 0 Å². The van der Waals surface area contributed by atoms with Gasteiger partial charge >= 0.3 is 0 Å². The van der Waals surface area contributed by atoms with E-state index >= 15 is 0 Å². The van der Waals surface area contributed by atoms with Crippen molar-refractivity contribution in [2.24, 2.45) is 0 Å². The van der Waals surface area contributed by atoms with Gasteiger partial charge in [-0.1, -0.05) is 37.3 Å². The summed E-state index contributed by atoms with van der Waals surface area (Å²) in [5, 5.41) is 3.44. The van der Waals surface area contributed by atoms with E-state index < -0.39 is 0 Å². The van der Waals surface area contributed by atoms with Crippen LogP contribution in [0.3, 0.4) is 0 Å². The van der Waals surface area contributed by atoms with Crippen LogP contribution in [0.15, 0.2) is 42.5 Å². The van der Waals surface area contributed by atoms with Crippen LogP contribution < -0.4 is 5.32 Å². The number of halogens is 1. The molecule has 0 aromatic heterocycles. The molecule has 0 saturated heterocycles. The predicted molar refractivity (Wildman–Crippen MR) is 77.8 cm³/mol. The van der Waals surface area contributed by atoms with Gasteiger partial charge in [0, 0.05) is 0 Å². The van der Waals surface area contributed by atoms with E-state index in [0.29, 0.717) is 0 Å². The molecule has 0 heterocycles. The highest BCUT2D eigenvalue weighted by molar-refractivity contribution is 5.40. The molecule has 19 heavy (non-hydrogen) atoms. The first-order valence-corrected chi connectivity index (χ1v) is 6.68. The van der Waals surface area contributed by atoms with Crippen LogP contribution in [0.2, 0.25) is 0 Å². The fourth-order valence-corrected chi connectivity index (χ4v) is 2.38. The molecule has 0 radical (unpaired) electrons. The highest BCUT2D eigenvalue weighted by atomic mass is 19.1. The first kappa shape index (κ1) is 13.8. The Morgan fingerprint density at radius 2 is 1.84 bits per heavy atom. The molecule has 1 N–H and O–H groups in total. The summed E-state index contributed by atoms with van der Waals surface area (Å²) in [4.78, 5) is 0. The van der Waals surface area contributed by atoms with E-state index in [1.807, 2.05) is 6.07 Å². The summed E-state index contributed by atoms with van der Waals surface area (Å²) in [6, 6.07) is 13.1. The van der Waals surface area contributed by atoms with Crippen molar-refractivity contribution in [3.63, 3.8) is 0 Å². The fourth-order valence-electron chi connectivity index (χ4n) is 2.38. The lowest BCUT2D eigenvalue weighted by molar-refractivity contribution is 0.601. The Hall–Kier alpha value is -1.67. The van der Waals surface area contributed by atoms with Gasteiger partial charge in [-0.05, 0) is 54.8 Å². The third kappa shape index (κ3) is 3.02. The maximum Gasteiger partial charge on any atom is 0.123 e. The van der Waals surface area contributed by atoms with Gasteiger partial charge in [-0.2, -0.15) is 0 Å². The molecule has 2 aromatic carbocycles. The molecule has 1 unspecified atom stereocenters. The lowest BCUT2D eigenvalue weighted by Crippen LogP contribution is -2.23. The third-order valence-electron chi connectivity index (χ3n) is 3.55. The maximum atomic E-state index is 13.4. The van der Waals surface area contributed by atoms with Gasteiger partial charge in [0.15, 0.2) is 0 Å². The number of aryl methyl sites for hydroxylation is 1. The summed E-state index contributed by atoms with van der Waals surface area (Å²) < 4.78 is 13.4. The van der Waals surface area contributed by atoms with Crippen LogP contribution in [-0.2, 0) is 0 Å². The van der Waals surface area contributed by atoms with Crippen LogP contribution in [0.5, 0.6) is 0 Å². The van der Waals surface area contributed by atoms with Gasteiger partial charge < -0.3 is 5.32 Å². The van der Waals surface area contributed by atoms with Crippen LogP contribution in [0.1, 0.15) is 35.2 Å². The van der Waals surface area contributed by atoms with Crippen molar-refractivity contribution in [2.75, 3.05) is 6.54 Å². The third-order valence-corrected chi connectivity index (χ3v) is 3.55. The minimum Gasteiger partial charge on any atom is -0.307 e. The second kappa shape index (κ2) is 5.98. The Bertz CT molecular complexity index is 563. The van der Waals surface area contributed by atoms with Crippen molar-refractivity contribution < 1.29 is 4.39 Å². The zero-order valence-corrected chi connectivity index (χ0v) is 11.7. The molecule has 0 amide bonds. The molecule has 0 aliphatic rings. The zero-order chi connectivity index (χ0) is 13.8. The number of hydrogen-bond acceptors (Lipinski definition) is 1. The quantitative estimate of drug-likeness (QED) is 0.868. The second-order valence-corrected chi connectivity index (χ2v) is 4.83. The lowest BCUT2D eigenvalue weighted by atomic mass is 9.92. The summed E-state index contributed by atoms with van der Waals surface area (Å²) >= 11 is 0. The van der Waals surface area contributed by atoms with Crippen molar-refractivity contribution in [1.82, 2.24) is 5.32 Å². The van der Waals surface area contributed by atoms with Gasteiger partial charge in [-0.15, -0.1) is 0 Å². The molecule has 0 bridgehead atoms. The number of hydrogen-bond donors (Lipinski definition) is 1. The minimum atomic E-state index is -0.189. The Morgan fingerprint density at radius 1 is 1.11 bits per heavy atom. The van der Waals surface area contributed by atoms with Crippen molar-refractivity contribution in [1.29, 1.82) is 0 Å². The van der Waals surface area contributed by atoms with Crippen LogP contribution >= 0.6 is 0 Å². The number of rotatable bonds is 4. The molecule has 0 aliphatic carbocycles. The first-order chi connectivity index (χ1) is 9.13. The fraction of sp³-hybridized carbons (Fsp3) is 0.294. The molecule has 1 nitrogen and oxygen atoms in total. The monoisotopic (exact) mass is 257 g/mol. The molecular formula is C17H20FN. The van der Waals surface area contributed by atoms with Gasteiger partial charge in [0.05, 0.1) is 6.04 Å². The Morgan fingerprint density at radius 3 is 2.53 bits per heavy atom. The topological polar surface area (TPSA) is 12.0 Å². The average Bonchev–Trinajstić information content (AvgIpc) is 2.40. The first-order valence-electron chi connectivity index (χ1n) is 6.68. The van der Waals surface area contributed by atoms with Crippen LogP contribution in [-0.4, -0.2) is 6.54 Å². The summed E-state index contributed by atoms with van der Waals surface area (Å²) in [5.74, 6) is -0.189. The molecule has 0 fully saturated rings. The van der Waals surface area contributed by atoms with Gasteiger partial charge in [0.25, 0.3) is 0 Å². The Labute approximate surface area is 114 Å².